The van der Waals surface area contributed by atoms with Gasteiger partial charge in [-0.1, -0.05) is 12.1 Å². The lowest BCUT2D eigenvalue weighted by molar-refractivity contribution is 0.0992. The molecule has 0 atom stereocenters. The molecule has 1 amide bonds. The van der Waals surface area contributed by atoms with Crippen LogP contribution in [0.4, 0.5) is 10.1 Å². The standard InChI is InChI=1S/C25H24FN3O4/c1-16-24(17(2)29(28-16)14-18-5-4-6-19(26)13-18)27-25(30)23-12-11-22(33-23)15-32-21-9-7-20(31-3)8-10-21/h4-13H,14-15H2,1-3H3,(H,27,30). The van der Waals surface area contributed by atoms with Crippen LogP contribution in [0.2, 0.25) is 0 Å². The highest BCUT2D eigenvalue weighted by Gasteiger charge is 2.18. The molecule has 8 heteroatoms. The molecule has 4 aromatic rings. The zero-order chi connectivity index (χ0) is 23.4. The second kappa shape index (κ2) is 9.60. The van der Waals surface area contributed by atoms with Gasteiger partial charge in [0.15, 0.2) is 5.76 Å². The highest BCUT2D eigenvalue weighted by molar-refractivity contribution is 6.02. The number of aryl methyl sites for hydroxylation is 1. The van der Waals surface area contributed by atoms with E-state index in [0.29, 0.717) is 29.4 Å². The molecule has 2 heterocycles. The Morgan fingerprint density at radius 1 is 1.09 bits per heavy atom. The van der Waals surface area contributed by atoms with Crippen molar-refractivity contribution in [1.82, 2.24) is 9.78 Å². The summed E-state index contributed by atoms with van der Waals surface area (Å²) in [4.78, 5) is 12.7. The number of benzene rings is 2. The van der Waals surface area contributed by atoms with E-state index in [-0.39, 0.29) is 24.1 Å². The van der Waals surface area contributed by atoms with Crippen LogP contribution in [0.5, 0.6) is 11.5 Å². The number of hydrogen-bond donors (Lipinski definition) is 1. The third-order valence-electron chi connectivity index (χ3n) is 5.17. The molecule has 0 saturated carbocycles. The Balaban J connectivity index is 1.40. The molecule has 0 bridgehead atoms. The molecule has 33 heavy (non-hydrogen) atoms. The number of nitrogens with zero attached hydrogens (tertiary/aromatic N) is 2. The van der Waals surface area contributed by atoms with Gasteiger partial charge in [0.25, 0.3) is 5.91 Å². The number of ether oxygens (including phenoxy) is 2. The van der Waals surface area contributed by atoms with Gasteiger partial charge in [-0.25, -0.2) is 4.39 Å². The van der Waals surface area contributed by atoms with E-state index >= 15 is 0 Å². The zero-order valence-corrected chi connectivity index (χ0v) is 18.6. The van der Waals surface area contributed by atoms with Crippen molar-refractivity contribution in [2.75, 3.05) is 12.4 Å². The smallest absolute Gasteiger partial charge is 0.291 e. The number of halogens is 1. The van der Waals surface area contributed by atoms with Gasteiger partial charge in [0.1, 0.15) is 29.7 Å². The molecule has 0 aliphatic heterocycles. The molecule has 0 unspecified atom stereocenters. The van der Waals surface area contributed by atoms with E-state index in [2.05, 4.69) is 10.4 Å². The van der Waals surface area contributed by atoms with Crippen LogP contribution in [0, 0.1) is 19.7 Å². The van der Waals surface area contributed by atoms with E-state index < -0.39 is 0 Å². The summed E-state index contributed by atoms with van der Waals surface area (Å²) >= 11 is 0. The molecule has 0 aliphatic carbocycles. The van der Waals surface area contributed by atoms with Crippen LogP contribution in [0.3, 0.4) is 0 Å². The third kappa shape index (κ3) is 5.23. The molecular weight excluding hydrogens is 425 g/mol. The summed E-state index contributed by atoms with van der Waals surface area (Å²) in [5.41, 5.74) is 2.81. The minimum absolute atomic E-state index is 0.167. The summed E-state index contributed by atoms with van der Waals surface area (Å²) in [7, 11) is 1.60. The Hall–Kier alpha value is -4.07. The number of rotatable bonds is 8. The van der Waals surface area contributed by atoms with Gasteiger partial charge in [-0.05, 0) is 67.9 Å². The van der Waals surface area contributed by atoms with E-state index in [1.165, 1.54) is 12.1 Å². The average molecular weight is 449 g/mol. The van der Waals surface area contributed by atoms with Crippen LogP contribution in [0.1, 0.15) is 33.3 Å². The molecule has 2 aromatic heterocycles. The first kappa shape index (κ1) is 22.1. The predicted molar refractivity (Wildman–Crippen MR) is 121 cm³/mol. The largest absolute Gasteiger partial charge is 0.497 e. The summed E-state index contributed by atoms with van der Waals surface area (Å²) in [6, 6.07) is 16.8. The Kier molecular flexibility index (Phi) is 6.44. The number of anilines is 1. The topological polar surface area (TPSA) is 78.5 Å². The highest BCUT2D eigenvalue weighted by Crippen LogP contribution is 2.23. The second-order valence-corrected chi connectivity index (χ2v) is 7.52. The van der Waals surface area contributed by atoms with Gasteiger partial charge in [0, 0.05) is 0 Å². The molecule has 7 nitrogen and oxygen atoms in total. The molecular formula is C25H24FN3O4. The highest BCUT2D eigenvalue weighted by atomic mass is 19.1. The first-order chi connectivity index (χ1) is 15.9. The van der Waals surface area contributed by atoms with Crippen molar-refractivity contribution in [2.24, 2.45) is 0 Å². The van der Waals surface area contributed by atoms with Gasteiger partial charge in [-0.3, -0.25) is 9.48 Å². The first-order valence-electron chi connectivity index (χ1n) is 10.4. The Bertz CT molecular complexity index is 1260. The Labute approximate surface area is 190 Å². The van der Waals surface area contributed by atoms with Crippen molar-refractivity contribution < 1.29 is 23.1 Å². The molecule has 1 N–H and O–H groups in total. The number of nitrogens with one attached hydrogen (secondary N) is 1. The zero-order valence-electron chi connectivity index (χ0n) is 18.6. The lowest BCUT2D eigenvalue weighted by Gasteiger charge is -2.07. The lowest BCUT2D eigenvalue weighted by Crippen LogP contribution is -2.12. The number of furan rings is 1. The lowest BCUT2D eigenvalue weighted by atomic mass is 10.2. The Morgan fingerprint density at radius 3 is 2.58 bits per heavy atom. The fraction of sp³-hybridized carbons (Fsp3) is 0.200. The average Bonchev–Trinajstić information content (AvgIpc) is 3.39. The van der Waals surface area contributed by atoms with E-state index in [1.54, 1.807) is 61.2 Å². The number of carbonyl (C=O) groups excluding carboxylic acids is 1. The van der Waals surface area contributed by atoms with Gasteiger partial charge in [0.05, 0.1) is 30.7 Å². The molecule has 0 aliphatic rings. The molecule has 170 valence electrons. The summed E-state index contributed by atoms with van der Waals surface area (Å²) in [5, 5.41) is 7.35. The van der Waals surface area contributed by atoms with Crippen molar-refractivity contribution in [2.45, 2.75) is 27.0 Å². The number of methoxy groups -OCH3 is 1. The van der Waals surface area contributed by atoms with E-state index in [9.17, 15) is 9.18 Å². The van der Waals surface area contributed by atoms with Crippen molar-refractivity contribution in [3.63, 3.8) is 0 Å². The van der Waals surface area contributed by atoms with Crippen LogP contribution in [-0.2, 0) is 13.2 Å². The Morgan fingerprint density at radius 2 is 1.85 bits per heavy atom. The fourth-order valence-corrected chi connectivity index (χ4v) is 3.42. The minimum Gasteiger partial charge on any atom is -0.497 e. The molecule has 4 rings (SSSR count). The van der Waals surface area contributed by atoms with E-state index in [1.807, 2.05) is 13.0 Å². The van der Waals surface area contributed by atoms with Gasteiger partial charge in [-0.15, -0.1) is 0 Å². The maximum absolute atomic E-state index is 13.5. The van der Waals surface area contributed by atoms with Crippen LogP contribution in [-0.4, -0.2) is 22.8 Å². The number of amides is 1. The van der Waals surface area contributed by atoms with E-state index in [0.717, 1.165) is 17.0 Å². The van der Waals surface area contributed by atoms with Crippen LogP contribution < -0.4 is 14.8 Å². The van der Waals surface area contributed by atoms with Crippen molar-refractivity contribution in [3.8, 4) is 11.5 Å². The summed E-state index contributed by atoms with van der Waals surface area (Å²) in [6.45, 7) is 4.24. The monoisotopic (exact) mass is 449 g/mol. The summed E-state index contributed by atoms with van der Waals surface area (Å²) < 4.78 is 31.7. The molecule has 0 spiro atoms. The summed E-state index contributed by atoms with van der Waals surface area (Å²) in [6.07, 6.45) is 0. The fourth-order valence-electron chi connectivity index (χ4n) is 3.42. The first-order valence-corrected chi connectivity index (χ1v) is 10.4. The van der Waals surface area contributed by atoms with Crippen molar-refractivity contribution >= 4 is 11.6 Å². The maximum atomic E-state index is 13.5. The number of carbonyl (C=O) groups is 1. The van der Waals surface area contributed by atoms with Crippen LogP contribution in [0.25, 0.3) is 0 Å². The third-order valence-corrected chi connectivity index (χ3v) is 5.17. The number of aromatic nitrogens is 2. The van der Waals surface area contributed by atoms with Gasteiger partial charge in [-0.2, -0.15) is 5.10 Å². The maximum Gasteiger partial charge on any atom is 0.291 e. The molecule has 0 radical (unpaired) electrons. The molecule has 0 fully saturated rings. The van der Waals surface area contributed by atoms with Crippen molar-refractivity contribution in [1.29, 1.82) is 0 Å². The van der Waals surface area contributed by atoms with Crippen LogP contribution >= 0.6 is 0 Å². The van der Waals surface area contributed by atoms with Gasteiger partial charge < -0.3 is 19.2 Å². The summed E-state index contributed by atoms with van der Waals surface area (Å²) in [5.74, 6) is 1.40. The number of hydrogen-bond acceptors (Lipinski definition) is 5. The van der Waals surface area contributed by atoms with Gasteiger partial charge >= 0.3 is 0 Å². The minimum atomic E-state index is -0.387. The van der Waals surface area contributed by atoms with Crippen molar-refractivity contribution in [3.05, 3.63) is 95.0 Å². The normalized spacial score (nSPS) is 10.8. The molecule has 2 aromatic carbocycles. The van der Waals surface area contributed by atoms with Crippen LogP contribution in [0.15, 0.2) is 65.1 Å². The SMILES string of the molecule is COc1ccc(OCc2ccc(C(=O)Nc3c(C)nn(Cc4cccc(F)c4)c3C)o2)cc1. The van der Waals surface area contributed by atoms with E-state index in [4.69, 9.17) is 13.9 Å². The molecule has 0 saturated heterocycles. The van der Waals surface area contributed by atoms with Gasteiger partial charge in [0.2, 0.25) is 0 Å². The quantitative estimate of drug-likeness (QED) is 0.404. The predicted octanol–water partition coefficient (Wildman–Crippen LogP) is 5.12. The second-order valence-electron chi connectivity index (χ2n) is 7.52.